The summed E-state index contributed by atoms with van der Waals surface area (Å²) in [7, 11) is -0.489. The Labute approximate surface area is 82.7 Å². The van der Waals surface area contributed by atoms with Gasteiger partial charge in [-0.1, -0.05) is 0 Å². The molecule has 1 aromatic rings. The summed E-state index contributed by atoms with van der Waals surface area (Å²) in [5.41, 5.74) is 0. The maximum absolute atomic E-state index is 11.7. The molecule has 14 heavy (non-hydrogen) atoms. The van der Waals surface area contributed by atoms with Crippen molar-refractivity contribution in [3.63, 3.8) is 0 Å². The Hall–Kier alpha value is -1.17. The molecular weight excluding hydrogens is 202 g/mol. The summed E-state index contributed by atoms with van der Waals surface area (Å²) >= 11 is 0. The average Bonchev–Trinajstić information content (AvgIpc) is 2.16. The summed E-state index contributed by atoms with van der Waals surface area (Å²) in [5.74, 6) is 2.14. The fourth-order valence-electron chi connectivity index (χ4n) is 1.13. The van der Waals surface area contributed by atoms with Crippen molar-refractivity contribution in [1.82, 2.24) is 9.97 Å². The fraction of sp³-hybridized carbons (Fsp3) is 0.500. The van der Waals surface area contributed by atoms with Gasteiger partial charge in [0.25, 0.3) is 0 Å². The third-order valence-electron chi connectivity index (χ3n) is 2.00. The molecule has 1 saturated heterocycles. The molecule has 0 amide bonds. The zero-order chi connectivity index (χ0) is 10.0. The Kier molecular flexibility index (Phi) is 2.37. The highest BCUT2D eigenvalue weighted by molar-refractivity contribution is 7.95. The molecule has 1 aliphatic rings. The molecule has 0 aromatic carbocycles. The van der Waals surface area contributed by atoms with Gasteiger partial charge in [0.1, 0.15) is 0 Å². The lowest BCUT2D eigenvalue weighted by Crippen LogP contribution is -2.23. The van der Waals surface area contributed by atoms with E-state index in [1.165, 1.54) is 19.5 Å². The lowest BCUT2D eigenvalue weighted by molar-refractivity contribution is 0.396. The van der Waals surface area contributed by atoms with Crippen LogP contribution in [0.4, 0.5) is 5.82 Å². The topological polar surface area (TPSA) is 64.4 Å². The van der Waals surface area contributed by atoms with Crippen LogP contribution in [0.3, 0.4) is 0 Å². The van der Waals surface area contributed by atoms with Crippen molar-refractivity contribution < 1.29 is 8.95 Å². The van der Waals surface area contributed by atoms with Gasteiger partial charge < -0.3 is 4.74 Å². The Bertz CT molecular complexity index is 442. The van der Waals surface area contributed by atoms with Gasteiger partial charge >= 0.3 is 0 Å². The van der Waals surface area contributed by atoms with Crippen LogP contribution in [-0.4, -0.2) is 32.8 Å². The summed E-state index contributed by atoms with van der Waals surface area (Å²) in [6, 6.07) is 0. The smallest absolute Gasteiger partial charge is 0.234 e. The van der Waals surface area contributed by atoms with E-state index in [9.17, 15) is 4.21 Å². The van der Waals surface area contributed by atoms with Crippen molar-refractivity contribution in [2.24, 2.45) is 4.36 Å². The third kappa shape index (κ3) is 1.84. The summed E-state index contributed by atoms with van der Waals surface area (Å²) in [5, 5.41) is 0. The van der Waals surface area contributed by atoms with Crippen molar-refractivity contribution >= 4 is 15.5 Å². The van der Waals surface area contributed by atoms with E-state index < -0.39 is 9.73 Å². The first-order valence-electron chi connectivity index (χ1n) is 4.30. The van der Waals surface area contributed by atoms with E-state index in [4.69, 9.17) is 4.74 Å². The second-order valence-corrected chi connectivity index (χ2v) is 5.59. The Morgan fingerprint density at radius 2 is 2.29 bits per heavy atom. The second kappa shape index (κ2) is 3.53. The van der Waals surface area contributed by atoms with Crippen LogP contribution in [0.2, 0.25) is 0 Å². The molecule has 1 fully saturated rings. The van der Waals surface area contributed by atoms with Crippen molar-refractivity contribution in [2.75, 3.05) is 18.6 Å². The lowest BCUT2D eigenvalue weighted by atomic mass is 10.5. The normalized spacial score (nSPS) is 18.4. The van der Waals surface area contributed by atoms with Gasteiger partial charge in [0, 0.05) is 11.5 Å². The largest absolute Gasteiger partial charge is 0.480 e. The predicted molar refractivity (Wildman–Crippen MR) is 53.2 cm³/mol. The van der Waals surface area contributed by atoms with Crippen LogP contribution in [-0.2, 0) is 9.73 Å². The minimum atomic E-state index is -2.00. The first-order chi connectivity index (χ1) is 6.72. The van der Waals surface area contributed by atoms with Gasteiger partial charge in [-0.2, -0.15) is 9.35 Å². The number of aromatic nitrogens is 2. The molecule has 5 nitrogen and oxygen atoms in total. The molecule has 0 aliphatic carbocycles. The maximum atomic E-state index is 11.7. The molecule has 1 aliphatic heterocycles. The highest BCUT2D eigenvalue weighted by Gasteiger charge is 2.19. The molecule has 76 valence electrons. The summed E-state index contributed by atoms with van der Waals surface area (Å²) in [4.78, 5) is 7.92. The molecule has 0 radical (unpaired) electrons. The predicted octanol–water partition coefficient (Wildman–Crippen LogP) is 0.988. The van der Waals surface area contributed by atoms with Crippen LogP contribution in [0.1, 0.15) is 6.42 Å². The highest BCUT2D eigenvalue weighted by atomic mass is 32.2. The standard InChI is InChI=1S/C8H11N3O2S/c1-13-8-6-9-5-7(10-8)11-14(12)3-2-4-14/h5-6H,2-4H2,1H3. The van der Waals surface area contributed by atoms with Crippen molar-refractivity contribution in [3.05, 3.63) is 12.4 Å². The number of nitrogens with zero attached hydrogens (tertiary/aromatic N) is 3. The zero-order valence-electron chi connectivity index (χ0n) is 7.84. The van der Waals surface area contributed by atoms with Gasteiger partial charge in [0.2, 0.25) is 5.88 Å². The monoisotopic (exact) mass is 213 g/mol. The van der Waals surface area contributed by atoms with Crippen molar-refractivity contribution in [2.45, 2.75) is 6.42 Å². The lowest BCUT2D eigenvalue weighted by Gasteiger charge is -2.17. The molecule has 0 atom stereocenters. The van der Waals surface area contributed by atoms with Crippen LogP contribution in [0.5, 0.6) is 5.88 Å². The molecule has 6 heteroatoms. The van der Waals surface area contributed by atoms with Gasteiger partial charge in [-0.05, 0) is 6.42 Å². The molecule has 0 saturated carbocycles. The summed E-state index contributed by atoms with van der Waals surface area (Å²) < 4.78 is 20.7. The molecule has 0 unspecified atom stereocenters. The fourth-order valence-corrected chi connectivity index (χ4v) is 2.53. The van der Waals surface area contributed by atoms with E-state index in [2.05, 4.69) is 14.3 Å². The van der Waals surface area contributed by atoms with E-state index in [-0.39, 0.29) is 0 Å². The van der Waals surface area contributed by atoms with Crippen LogP contribution in [0, 0.1) is 0 Å². The summed E-state index contributed by atoms with van der Waals surface area (Å²) in [6.45, 7) is 0. The molecule has 0 bridgehead atoms. The number of methoxy groups -OCH3 is 1. The van der Waals surface area contributed by atoms with Gasteiger partial charge in [0.15, 0.2) is 5.82 Å². The zero-order valence-corrected chi connectivity index (χ0v) is 8.66. The van der Waals surface area contributed by atoms with E-state index in [0.29, 0.717) is 23.2 Å². The third-order valence-corrected chi connectivity index (χ3v) is 4.37. The van der Waals surface area contributed by atoms with Crippen molar-refractivity contribution in [3.8, 4) is 5.88 Å². The van der Waals surface area contributed by atoms with Crippen LogP contribution in [0.25, 0.3) is 0 Å². The van der Waals surface area contributed by atoms with Crippen LogP contribution in [0.15, 0.2) is 16.8 Å². The molecule has 0 spiro atoms. The maximum Gasteiger partial charge on any atom is 0.234 e. The summed E-state index contributed by atoms with van der Waals surface area (Å²) in [6.07, 6.45) is 3.97. The van der Waals surface area contributed by atoms with Crippen molar-refractivity contribution in [1.29, 1.82) is 0 Å². The molecular formula is C8H11N3O2S. The highest BCUT2D eigenvalue weighted by Crippen LogP contribution is 2.20. The Morgan fingerprint density at radius 3 is 2.86 bits per heavy atom. The Balaban J connectivity index is 2.33. The number of ether oxygens (including phenoxy) is 1. The number of hydrogen-bond donors (Lipinski definition) is 0. The van der Waals surface area contributed by atoms with E-state index in [1.54, 1.807) is 0 Å². The second-order valence-electron chi connectivity index (χ2n) is 3.05. The molecule has 2 heterocycles. The average molecular weight is 213 g/mol. The van der Waals surface area contributed by atoms with Gasteiger partial charge in [-0.15, -0.1) is 0 Å². The van der Waals surface area contributed by atoms with Crippen LogP contribution < -0.4 is 4.74 Å². The molecule has 0 N–H and O–H groups in total. The van der Waals surface area contributed by atoms with E-state index in [1.807, 2.05) is 0 Å². The Morgan fingerprint density at radius 1 is 1.50 bits per heavy atom. The van der Waals surface area contributed by atoms with Gasteiger partial charge in [-0.3, -0.25) is 4.98 Å². The number of hydrogen-bond acceptors (Lipinski definition) is 5. The molecule has 2 rings (SSSR count). The molecule has 1 aromatic heterocycles. The van der Waals surface area contributed by atoms with E-state index in [0.717, 1.165) is 6.42 Å². The van der Waals surface area contributed by atoms with Crippen LogP contribution >= 0.6 is 0 Å². The van der Waals surface area contributed by atoms with E-state index >= 15 is 0 Å². The first-order valence-corrected chi connectivity index (χ1v) is 6.16. The van der Waals surface area contributed by atoms with Gasteiger partial charge in [0.05, 0.1) is 29.2 Å². The first kappa shape index (κ1) is 9.39. The quantitative estimate of drug-likeness (QED) is 0.734. The minimum Gasteiger partial charge on any atom is -0.480 e. The van der Waals surface area contributed by atoms with Gasteiger partial charge in [-0.25, -0.2) is 4.21 Å². The SMILES string of the molecule is COc1cncc(N=S2(=O)CCC2)n1. The number of rotatable bonds is 2. The minimum absolute atomic E-state index is 0.397.